The number of hydrogen-bond acceptors (Lipinski definition) is 3. The lowest BCUT2D eigenvalue weighted by atomic mass is 9.97. The van der Waals surface area contributed by atoms with Gasteiger partial charge in [-0.2, -0.15) is 0 Å². The van der Waals surface area contributed by atoms with Crippen molar-refractivity contribution in [3.8, 4) is 5.75 Å². The van der Waals surface area contributed by atoms with E-state index in [0.717, 1.165) is 25.2 Å². The SMILES string of the molecule is CC(CO)(CCCOc1ccc2c(c1)CCC2)NC1CC1. The molecule has 3 rings (SSSR count). The van der Waals surface area contributed by atoms with E-state index in [1.165, 1.54) is 43.2 Å². The molecular weight excluding hydrogens is 262 g/mol. The Hall–Kier alpha value is -1.06. The van der Waals surface area contributed by atoms with Gasteiger partial charge in [0, 0.05) is 11.6 Å². The second-order valence-electron chi connectivity index (χ2n) is 6.87. The maximum absolute atomic E-state index is 9.58. The summed E-state index contributed by atoms with van der Waals surface area (Å²) in [6, 6.07) is 7.14. The molecule has 0 bridgehead atoms. The minimum absolute atomic E-state index is 0.150. The Morgan fingerprint density at radius 1 is 1.29 bits per heavy atom. The molecule has 0 aliphatic heterocycles. The van der Waals surface area contributed by atoms with Crippen LogP contribution < -0.4 is 10.1 Å². The summed E-state index contributed by atoms with van der Waals surface area (Å²) < 4.78 is 5.88. The Morgan fingerprint density at radius 2 is 2.10 bits per heavy atom. The van der Waals surface area contributed by atoms with Crippen LogP contribution in [0, 0.1) is 0 Å². The van der Waals surface area contributed by atoms with E-state index in [2.05, 4.69) is 30.4 Å². The monoisotopic (exact) mass is 289 g/mol. The number of rotatable bonds is 8. The van der Waals surface area contributed by atoms with Gasteiger partial charge in [-0.3, -0.25) is 0 Å². The number of aliphatic hydroxyl groups is 1. The molecule has 0 saturated heterocycles. The maximum atomic E-state index is 9.58. The number of ether oxygens (including phenoxy) is 1. The number of fused-ring (bicyclic) bond motifs is 1. The highest BCUT2D eigenvalue weighted by molar-refractivity contribution is 5.38. The van der Waals surface area contributed by atoms with Crippen LogP contribution >= 0.6 is 0 Å². The number of benzene rings is 1. The fourth-order valence-corrected chi connectivity index (χ4v) is 3.21. The summed E-state index contributed by atoms with van der Waals surface area (Å²) in [7, 11) is 0. The number of hydrogen-bond donors (Lipinski definition) is 2. The lowest BCUT2D eigenvalue weighted by Gasteiger charge is -2.29. The van der Waals surface area contributed by atoms with Gasteiger partial charge in [-0.15, -0.1) is 0 Å². The third-order valence-electron chi connectivity index (χ3n) is 4.69. The van der Waals surface area contributed by atoms with Gasteiger partial charge in [-0.05, 0) is 75.1 Å². The smallest absolute Gasteiger partial charge is 0.119 e. The van der Waals surface area contributed by atoms with Crippen molar-refractivity contribution >= 4 is 0 Å². The zero-order valence-corrected chi connectivity index (χ0v) is 13.0. The largest absolute Gasteiger partial charge is 0.494 e. The van der Waals surface area contributed by atoms with Gasteiger partial charge in [0.1, 0.15) is 5.75 Å². The van der Waals surface area contributed by atoms with E-state index in [0.29, 0.717) is 6.04 Å². The first-order chi connectivity index (χ1) is 10.2. The Balaban J connectivity index is 1.43. The minimum Gasteiger partial charge on any atom is -0.494 e. The second kappa shape index (κ2) is 6.37. The van der Waals surface area contributed by atoms with Crippen LogP contribution in [0.25, 0.3) is 0 Å². The molecule has 0 heterocycles. The van der Waals surface area contributed by atoms with Crippen LogP contribution in [0.3, 0.4) is 0 Å². The average molecular weight is 289 g/mol. The third-order valence-corrected chi connectivity index (χ3v) is 4.69. The van der Waals surface area contributed by atoms with E-state index in [1.54, 1.807) is 0 Å². The molecule has 1 unspecified atom stereocenters. The number of aryl methyl sites for hydroxylation is 2. The quantitative estimate of drug-likeness (QED) is 0.723. The van der Waals surface area contributed by atoms with Gasteiger partial charge in [0.25, 0.3) is 0 Å². The molecule has 1 atom stereocenters. The Labute approximate surface area is 127 Å². The first-order valence-electron chi connectivity index (χ1n) is 8.32. The Bertz CT molecular complexity index is 484. The van der Waals surface area contributed by atoms with Crippen LogP contribution in [0.4, 0.5) is 0 Å². The molecule has 2 N–H and O–H groups in total. The summed E-state index contributed by atoms with van der Waals surface area (Å²) in [5.41, 5.74) is 2.80. The van der Waals surface area contributed by atoms with Gasteiger partial charge in [0.2, 0.25) is 0 Å². The van der Waals surface area contributed by atoms with Crippen molar-refractivity contribution in [1.29, 1.82) is 0 Å². The van der Waals surface area contributed by atoms with Gasteiger partial charge >= 0.3 is 0 Å². The predicted molar refractivity (Wildman–Crippen MR) is 84.8 cm³/mol. The van der Waals surface area contributed by atoms with Gasteiger partial charge in [0.15, 0.2) is 0 Å². The van der Waals surface area contributed by atoms with E-state index in [9.17, 15) is 5.11 Å². The van der Waals surface area contributed by atoms with Crippen LogP contribution in [0.2, 0.25) is 0 Å². The van der Waals surface area contributed by atoms with Gasteiger partial charge < -0.3 is 15.2 Å². The van der Waals surface area contributed by atoms with E-state index >= 15 is 0 Å². The standard InChI is InChI=1S/C18H27NO2/c1-18(13-20,19-16-7-8-16)10-3-11-21-17-9-6-14-4-2-5-15(14)12-17/h6,9,12,16,19-20H,2-5,7-8,10-11,13H2,1H3. The summed E-state index contributed by atoms with van der Waals surface area (Å²) >= 11 is 0. The molecule has 2 aliphatic rings. The average Bonchev–Trinajstić information content (AvgIpc) is 3.17. The lowest BCUT2D eigenvalue weighted by Crippen LogP contribution is -2.47. The highest BCUT2D eigenvalue weighted by Crippen LogP contribution is 2.27. The van der Waals surface area contributed by atoms with Crippen molar-refractivity contribution in [2.75, 3.05) is 13.2 Å². The van der Waals surface area contributed by atoms with Crippen molar-refractivity contribution in [1.82, 2.24) is 5.32 Å². The van der Waals surface area contributed by atoms with Crippen LogP contribution in [0.15, 0.2) is 18.2 Å². The van der Waals surface area contributed by atoms with Crippen molar-refractivity contribution < 1.29 is 9.84 Å². The highest BCUT2D eigenvalue weighted by Gasteiger charge is 2.31. The molecule has 2 aliphatic carbocycles. The Kier molecular flexibility index (Phi) is 4.51. The summed E-state index contributed by atoms with van der Waals surface area (Å²) in [6.45, 7) is 3.03. The molecule has 21 heavy (non-hydrogen) atoms. The summed E-state index contributed by atoms with van der Waals surface area (Å²) in [5, 5.41) is 13.1. The van der Waals surface area contributed by atoms with E-state index in [-0.39, 0.29) is 12.1 Å². The molecule has 3 heteroatoms. The van der Waals surface area contributed by atoms with Crippen molar-refractivity contribution in [3.05, 3.63) is 29.3 Å². The van der Waals surface area contributed by atoms with Crippen molar-refractivity contribution in [2.24, 2.45) is 0 Å². The van der Waals surface area contributed by atoms with E-state index in [1.807, 2.05) is 0 Å². The lowest BCUT2D eigenvalue weighted by molar-refractivity contribution is 0.154. The molecule has 116 valence electrons. The number of nitrogens with one attached hydrogen (secondary N) is 1. The molecule has 1 aromatic carbocycles. The summed E-state index contributed by atoms with van der Waals surface area (Å²) in [6.07, 6.45) is 8.11. The second-order valence-corrected chi connectivity index (χ2v) is 6.87. The van der Waals surface area contributed by atoms with Crippen LogP contribution in [-0.4, -0.2) is 29.9 Å². The van der Waals surface area contributed by atoms with E-state index < -0.39 is 0 Å². The van der Waals surface area contributed by atoms with Gasteiger partial charge in [0.05, 0.1) is 13.2 Å². The van der Waals surface area contributed by atoms with Crippen LogP contribution in [-0.2, 0) is 12.8 Å². The first-order valence-corrected chi connectivity index (χ1v) is 8.32. The zero-order chi connectivity index (χ0) is 14.7. The molecule has 0 amide bonds. The molecule has 1 fully saturated rings. The predicted octanol–water partition coefficient (Wildman–Crippen LogP) is 2.84. The highest BCUT2D eigenvalue weighted by atomic mass is 16.5. The molecule has 3 nitrogen and oxygen atoms in total. The Morgan fingerprint density at radius 3 is 2.86 bits per heavy atom. The van der Waals surface area contributed by atoms with E-state index in [4.69, 9.17) is 4.74 Å². The topological polar surface area (TPSA) is 41.5 Å². The molecule has 0 spiro atoms. The fourth-order valence-electron chi connectivity index (χ4n) is 3.21. The third kappa shape index (κ3) is 3.98. The molecule has 0 aromatic heterocycles. The van der Waals surface area contributed by atoms with Gasteiger partial charge in [-0.1, -0.05) is 6.07 Å². The minimum atomic E-state index is -0.150. The first kappa shape index (κ1) is 14.9. The molecule has 1 saturated carbocycles. The molecule has 1 aromatic rings. The van der Waals surface area contributed by atoms with Gasteiger partial charge in [-0.25, -0.2) is 0 Å². The van der Waals surface area contributed by atoms with Crippen molar-refractivity contribution in [3.63, 3.8) is 0 Å². The fraction of sp³-hybridized carbons (Fsp3) is 0.667. The number of aliphatic hydroxyl groups excluding tert-OH is 1. The summed E-state index contributed by atoms with van der Waals surface area (Å²) in [5.74, 6) is 0.997. The summed E-state index contributed by atoms with van der Waals surface area (Å²) in [4.78, 5) is 0. The molecule has 0 radical (unpaired) electrons. The molecular formula is C18H27NO2. The maximum Gasteiger partial charge on any atom is 0.119 e. The van der Waals surface area contributed by atoms with Crippen molar-refractivity contribution in [2.45, 2.75) is 63.5 Å². The normalized spacial score (nSPS) is 20.1. The van der Waals surface area contributed by atoms with Crippen LogP contribution in [0.5, 0.6) is 5.75 Å². The van der Waals surface area contributed by atoms with Crippen LogP contribution in [0.1, 0.15) is 50.2 Å². The zero-order valence-electron chi connectivity index (χ0n) is 13.0.